The lowest BCUT2D eigenvalue weighted by Crippen LogP contribution is -2.07. The van der Waals surface area contributed by atoms with Gasteiger partial charge in [-0.25, -0.2) is 8.42 Å². The second-order valence-electron chi connectivity index (χ2n) is 3.05. The van der Waals surface area contributed by atoms with Crippen LogP contribution in [0.4, 0.5) is 14.5 Å². The quantitative estimate of drug-likeness (QED) is 0.356. The summed E-state index contributed by atoms with van der Waals surface area (Å²) in [5, 5.41) is 10.7. The summed E-state index contributed by atoms with van der Waals surface area (Å²) in [5.41, 5.74) is -1.68. The van der Waals surface area contributed by atoms with Gasteiger partial charge in [-0.2, -0.15) is 8.78 Å². The van der Waals surface area contributed by atoms with E-state index in [1.165, 1.54) is 0 Å². The summed E-state index contributed by atoms with van der Waals surface area (Å²) in [6.45, 7) is -3.34. The Morgan fingerprint density at radius 2 is 2.00 bits per heavy atom. The molecular formula is C8H4ClF2NO6S. The van der Waals surface area contributed by atoms with Crippen LogP contribution in [0.5, 0.6) is 5.75 Å². The molecule has 104 valence electrons. The molecule has 11 heteroatoms. The van der Waals surface area contributed by atoms with Crippen LogP contribution in [0.15, 0.2) is 17.0 Å². The number of ether oxygens (including phenoxy) is 1. The van der Waals surface area contributed by atoms with Gasteiger partial charge in [-0.15, -0.1) is 0 Å². The zero-order chi connectivity index (χ0) is 14.8. The first-order valence-electron chi connectivity index (χ1n) is 4.34. The van der Waals surface area contributed by atoms with Crippen LogP contribution in [0.25, 0.3) is 0 Å². The van der Waals surface area contributed by atoms with Crippen molar-refractivity contribution in [3.63, 3.8) is 0 Å². The van der Waals surface area contributed by atoms with E-state index in [0.717, 1.165) is 0 Å². The normalized spacial score (nSPS) is 11.4. The van der Waals surface area contributed by atoms with E-state index in [9.17, 15) is 32.1 Å². The molecule has 0 aliphatic heterocycles. The van der Waals surface area contributed by atoms with Crippen LogP contribution in [-0.2, 0) is 9.05 Å². The third-order valence-electron chi connectivity index (χ3n) is 1.89. The molecule has 19 heavy (non-hydrogen) atoms. The van der Waals surface area contributed by atoms with Crippen molar-refractivity contribution >= 4 is 31.7 Å². The van der Waals surface area contributed by atoms with E-state index in [2.05, 4.69) is 4.74 Å². The first-order chi connectivity index (χ1) is 8.66. The molecule has 7 nitrogen and oxygen atoms in total. The minimum atomic E-state index is -4.53. The van der Waals surface area contributed by atoms with Crippen molar-refractivity contribution in [1.82, 2.24) is 0 Å². The number of nitrogens with zero attached hydrogens (tertiary/aromatic N) is 1. The maximum atomic E-state index is 12.1. The van der Waals surface area contributed by atoms with Gasteiger partial charge in [0.1, 0.15) is 5.75 Å². The van der Waals surface area contributed by atoms with E-state index in [1.54, 1.807) is 0 Å². The van der Waals surface area contributed by atoms with Crippen LogP contribution in [0, 0.1) is 10.1 Å². The Hall–Kier alpha value is -1.81. The molecule has 0 N–H and O–H groups in total. The second-order valence-corrected chi connectivity index (χ2v) is 5.58. The summed E-state index contributed by atoms with van der Waals surface area (Å²) in [6.07, 6.45) is 0.00695. The molecule has 0 fully saturated rings. The Morgan fingerprint density at radius 3 is 2.37 bits per heavy atom. The first kappa shape index (κ1) is 15.2. The van der Waals surface area contributed by atoms with Crippen LogP contribution in [-0.4, -0.2) is 26.2 Å². The molecule has 0 unspecified atom stereocenters. The van der Waals surface area contributed by atoms with E-state index >= 15 is 0 Å². The number of aldehydes is 1. The molecule has 1 rings (SSSR count). The zero-order valence-corrected chi connectivity index (χ0v) is 10.3. The minimum absolute atomic E-state index is 0.00695. The lowest BCUT2D eigenvalue weighted by atomic mass is 10.2. The van der Waals surface area contributed by atoms with E-state index in [-0.39, 0.29) is 6.29 Å². The van der Waals surface area contributed by atoms with E-state index < -0.39 is 42.5 Å². The van der Waals surface area contributed by atoms with Crippen LogP contribution < -0.4 is 4.74 Å². The van der Waals surface area contributed by atoms with Gasteiger partial charge in [0, 0.05) is 10.7 Å². The van der Waals surface area contributed by atoms with Crippen LogP contribution in [0.3, 0.4) is 0 Å². The van der Waals surface area contributed by atoms with Crippen molar-refractivity contribution in [2.45, 2.75) is 11.5 Å². The standard InChI is InChI=1S/C8H4ClF2NO6S/c9-19(16,17)7-1-4(3-13)6(18-8(10)11)2-5(7)12(14)15/h1-3,8H. The predicted octanol–water partition coefficient (Wildman–Crippen LogP) is 1.94. The van der Waals surface area contributed by atoms with Gasteiger partial charge in [-0.3, -0.25) is 14.9 Å². The molecule has 0 aliphatic rings. The molecule has 0 aromatic heterocycles. The number of hydrogen-bond acceptors (Lipinski definition) is 6. The number of carbonyl (C=O) groups excluding carboxylic acids is 1. The first-order valence-corrected chi connectivity index (χ1v) is 6.65. The van der Waals surface area contributed by atoms with Crippen LogP contribution >= 0.6 is 10.7 Å². The van der Waals surface area contributed by atoms with Crippen molar-refractivity contribution in [1.29, 1.82) is 0 Å². The fraction of sp³-hybridized carbons (Fsp3) is 0.125. The number of rotatable bonds is 5. The largest absolute Gasteiger partial charge is 0.434 e. The van der Waals surface area contributed by atoms with Gasteiger partial charge in [0.25, 0.3) is 14.7 Å². The highest BCUT2D eigenvalue weighted by molar-refractivity contribution is 8.13. The van der Waals surface area contributed by atoms with Gasteiger partial charge in [0.2, 0.25) is 0 Å². The van der Waals surface area contributed by atoms with Crippen LogP contribution in [0.1, 0.15) is 10.4 Å². The Balaban J connectivity index is 3.60. The minimum Gasteiger partial charge on any atom is -0.434 e. The van der Waals surface area contributed by atoms with E-state index in [1.807, 2.05) is 0 Å². The van der Waals surface area contributed by atoms with Crippen molar-refractivity contribution in [2.75, 3.05) is 0 Å². The lowest BCUT2D eigenvalue weighted by molar-refractivity contribution is -0.387. The Kier molecular flexibility index (Phi) is 4.37. The van der Waals surface area contributed by atoms with Crippen molar-refractivity contribution in [2.24, 2.45) is 0 Å². The van der Waals surface area contributed by atoms with Gasteiger partial charge in [-0.1, -0.05) is 0 Å². The highest BCUT2D eigenvalue weighted by atomic mass is 35.7. The summed E-state index contributed by atoms with van der Waals surface area (Å²) in [4.78, 5) is 19.2. The molecule has 0 spiro atoms. The summed E-state index contributed by atoms with van der Waals surface area (Å²) in [7, 11) is 0.430. The smallest absolute Gasteiger partial charge is 0.387 e. The number of hydrogen-bond donors (Lipinski definition) is 0. The molecule has 0 aliphatic carbocycles. The summed E-state index contributed by atoms with van der Waals surface area (Å²) < 4.78 is 50.2. The third-order valence-corrected chi connectivity index (χ3v) is 3.24. The van der Waals surface area contributed by atoms with Gasteiger partial charge in [0.05, 0.1) is 16.6 Å². The Labute approximate surface area is 109 Å². The molecule has 0 atom stereocenters. The van der Waals surface area contributed by atoms with Gasteiger partial charge in [-0.05, 0) is 6.07 Å². The van der Waals surface area contributed by atoms with Gasteiger partial charge in [0.15, 0.2) is 11.2 Å². The predicted molar refractivity (Wildman–Crippen MR) is 58.2 cm³/mol. The molecule has 0 bridgehead atoms. The zero-order valence-electron chi connectivity index (χ0n) is 8.75. The summed E-state index contributed by atoms with van der Waals surface area (Å²) >= 11 is 0. The van der Waals surface area contributed by atoms with Gasteiger partial charge >= 0.3 is 6.61 Å². The van der Waals surface area contributed by atoms with Gasteiger partial charge < -0.3 is 4.74 Å². The number of benzene rings is 1. The number of nitro benzene ring substituents is 1. The maximum absolute atomic E-state index is 12.1. The fourth-order valence-electron chi connectivity index (χ4n) is 1.19. The Morgan fingerprint density at radius 1 is 1.42 bits per heavy atom. The monoisotopic (exact) mass is 315 g/mol. The molecule has 0 saturated heterocycles. The number of nitro groups is 1. The third kappa shape index (κ3) is 3.58. The second kappa shape index (κ2) is 5.45. The van der Waals surface area contributed by atoms with E-state index in [0.29, 0.717) is 12.1 Å². The fourth-order valence-corrected chi connectivity index (χ4v) is 2.21. The topological polar surface area (TPSA) is 104 Å². The van der Waals surface area contributed by atoms with E-state index in [4.69, 9.17) is 10.7 Å². The molecule has 0 heterocycles. The molecule has 0 amide bonds. The number of alkyl halides is 2. The summed E-state index contributed by atoms with van der Waals surface area (Å²) in [5.74, 6) is -0.819. The molecule has 0 saturated carbocycles. The average Bonchev–Trinajstić information content (AvgIpc) is 2.26. The van der Waals surface area contributed by atoms with Crippen molar-refractivity contribution in [3.05, 3.63) is 27.8 Å². The number of halogens is 3. The molecule has 1 aromatic carbocycles. The summed E-state index contributed by atoms with van der Waals surface area (Å²) in [6, 6.07) is 0.885. The van der Waals surface area contributed by atoms with Crippen molar-refractivity contribution in [3.8, 4) is 5.75 Å². The maximum Gasteiger partial charge on any atom is 0.387 e. The average molecular weight is 316 g/mol. The SMILES string of the molecule is O=Cc1cc(S(=O)(=O)Cl)c([N+](=O)[O-])cc1OC(F)F. The number of carbonyl (C=O) groups is 1. The van der Waals surface area contributed by atoms with Crippen molar-refractivity contribution < 1.29 is 31.7 Å². The molecule has 0 radical (unpaired) electrons. The molecule has 1 aromatic rings. The van der Waals surface area contributed by atoms with Crippen LogP contribution in [0.2, 0.25) is 0 Å². The lowest BCUT2D eigenvalue weighted by Gasteiger charge is -2.08. The Bertz CT molecular complexity index is 632. The highest BCUT2D eigenvalue weighted by Crippen LogP contribution is 2.33. The molecular weight excluding hydrogens is 312 g/mol. The highest BCUT2D eigenvalue weighted by Gasteiger charge is 2.28.